The summed E-state index contributed by atoms with van der Waals surface area (Å²) in [4.78, 5) is 13.2. The Labute approximate surface area is 194 Å². The molecule has 2 aromatic carbocycles. The van der Waals surface area contributed by atoms with E-state index in [9.17, 15) is 9.18 Å². The van der Waals surface area contributed by atoms with Crippen LogP contribution in [-0.2, 0) is 24.3 Å². The Kier molecular flexibility index (Phi) is 5.77. The Hall–Kier alpha value is -4.11. The minimum absolute atomic E-state index is 0.215. The Morgan fingerprint density at radius 2 is 1.79 bits per heavy atom. The van der Waals surface area contributed by atoms with E-state index >= 15 is 0 Å². The fourth-order valence-electron chi connectivity index (χ4n) is 4.10. The molecule has 9 heteroatoms. The highest BCUT2D eigenvalue weighted by atomic mass is 19.1. The van der Waals surface area contributed by atoms with Gasteiger partial charge in [-0.25, -0.2) is 8.91 Å². The van der Waals surface area contributed by atoms with Crippen molar-refractivity contribution in [2.24, 2.45) is 0 Å². The molecule has 0 N–H and O–H groups in total. The number of aryl methyl sites for hydroxylation is 2. The Morgan fingerprint density at radius 1 is 1.00 bits per heavy atom. The van der Waals surface area contributed by atoms with Crippen LogP contribution >= 0.6 is 0 Å². The molecule has 3 aromatic heterocycles. The first-order chi connectivity index (χ1) is 16.6. The molecular formula is C25H22FN5O3. The minimum atomic E-state index is -0.335. The fraction of sp³-hybridized carbons (Fsp3) is 0.200. The quantitative estimate of drug-likeness (QED) is 0.370. The maximum Gasteiger partial charge on any atom is 0.280 e. The Morgan fingerprint density at radius 3 is 2.56 bits per heavy atom. The van der Waals surface area contributed by atoms with E-state index in [0.717, 1.165) is 16.9 Å². The van der Waals surface area contributed by atoms with E-state index in [0.29, 0.717) is 35.4 Å². The number of methoxy groups -OCH3 is 2. The van der Waals surface area contributed by atoms with Crippen molar-refractivity contribution in [3.8, 4) is 16.9 Å². The lowest BCUT2D eigenvalue weighted by Gasteiger charge is -2.10. The topological polar surface area (TPSA) is 83.5 Å². The number of rotatable bonds is 7. The highest BCUT2D eigenvalue weighted by molar-refractivity contribution is 5.84. The van der Waals surface area contributed by atoms with Crippen molar-refractivity contribution in [3.05, 3.63) is 88.2 Å². The predicted molar refractivity (Wildman–Crippen MR) is 125 cm³/mol. The first-order valence-corrected chi connectivity index (χ1v) is 10.7. The second-order valence-corrected chi connectivity index (χ2v) is 7.81. The van der Waals surface area contributed by atoms with E-state index in [2.05, 4.69) is 15.3 Å². The Bertz CT molecular complexity index is 1540. The molecule has 5 rings (SSSR count). The lowest BCUT2D eigenvalue weighted by atomic mass is 10.1. The number of ether oxygens (including phenoxy) is 2. The summed E-state index contributed by atoms with van der Waals surface area (Å²) in [6.07, 6.45) is 2.36. The molecule has 0 amide bonds. The molecule has 0 atom stereocenters. The largest absolute Gasteiger partial charge is 0.496 e. The summed E-state index contributed by atoms with van der Waals surface area (Å²) in [7, 11) is 3.20. The van der Waals surface area contributed by atoms with E-state index in [1.807, 2.05) is 24.3 Å². The average molecular weight is 459 g/mol. The first-order valence-electron chi connectivity index (χ1n) is 10.7. The second-order valence-electron chi connectivity index (χ2n) is 7.81. The molecule has 172 valence electrons. The number of aromatic nitrogens is 5. The van der Waals surface area contributed by atoms with Crippen LogP contribution in [0.4, 0.5) is 4.39 Å². The molecule has 0 radical (unpaired) electrons. The minimum Gasteiger partial charge on any atom is -0.496 e. The number of hydrogen-bond donors (Lipinski definition) is 0. The van der Waals surface area contributed by atoms with Gasteiger partial charge in [0.05, 0.1) is 25.0 Å². The molecule has 5 aromatic rings. The highest BCUT2D eigenvalue weighted by Crippen LogP contribution is 2.29. The van der Waals surface area contributed by atoms with Gasteiger partial charge in [-0.2, -0.15) is 5.10 Å². The number of hydrogen-bond acceptors (Lipinski definition) is 6. The van der Waals surface area contributed by atoms with E-state index in [1.54, 1.807) is 47.7 Å². The molecule has 0 saturated carbocycles. The molecule has 0 unspecified atom stereocenters. The first kappa shape index (κ1) is 21.7. The van der Waals surface area contributed by atoms with Crippen LogP contribution in [0.2, 0.25) is 0 Å². The van der Waals surface area contributed by atoms with Gasteiger partial charge in [0.25, 0.3) is 5.56 Å². The summed E-state index contributed by atoms with van der Waals surface area (Å²) in [5, 5.41) is 13.2. The van der Waals surface area contributed by atoms with Crippen LogP contribution in [0.5, 0.6) is 5.75 Å². The molecular weight excluding hydrogens is 437 g/mol. The number of halogens is 1. The van der Waals surface area contributed by atoms with Gasteiger partial charge in [0.15, 0.2) is 11.2 Å². The molecule has 0 aliphatic heterocycles. The van der Waals surface area contributed by atoms with Crippen LogP contribution in [0, 0.1) is 5.82 Å². The van der Waals surface area contributed by atoms with Crippen LogP contribution in [0.15, 0.2) is 65.6 Å². The van der Waals surface area contributed by atoms with Gasteiger partial charge >= 0.3 is 0 Å². The molecule has 0 aliphatic rings. The lowest BCUT2D eigenvalue weighted by Crippen LogP contribution is -2.22. The molecule has 0 saturated heterocycles. The predicted octanol–water partition coefficient (Wildman–Crippen LogP) is 3.64. The van der Waals surface area contributed by atoms with Crippen molar-refractivity contribution in [1.29, 1.82) is 0 Å². The zero-order chi connectivity index (χ0) is 23.7. The summed E-state index contributed by atoms with van der Waals surface area (Å²) < 4.78 is 27.4. The van der Waals surface area contributed by atoms with Gasteiger partial charge in [-0.3, -0.25) is 4.79 Å². The van der Waals surface area contributed by atoms with Gasteiger partial charge in [-0.05, 0) is 41.8 Å². The van der Waals surface area contributed by atoms with Gasteiger partial charge in [0.1, 0.15) is 17.1 Å². The monoisotopic (exact) mass is 459 g/mol. The van der Waals surface area contributed by atoms with Crippen molar-refractivity contribution in [3.63, 3.8) is 0 Å². The van der Waals surface area contributed by atoms with Gasteiger partial charge in [-0.1, -0.05) is 30.3 Å². The summed E-state index contributed by atoms with van der Waals surface area (Å²) in [5.41, 5.74) is 4.03. The third kappa shape index (κ3) is 3.80. The molecule has 0 spiro atoms. The molecule has 0 bridgehead atoms. The van der Waals surface area contributed by atoms with Gasteiger partial charge in [0.2, 0.25) is 0 Å². The molecule has 3 heterocycles. The average Bonchev–Trinajstić information content (AvgIpc) is 3.23. The highest BCUT2D eigenvalue weighted by Gasteiger charge is 2.19. The van der Waals surface area contributed by atoms with E-state index in [-0.39, 0.29) is 23.5 Å². The summed E-state index contributed by atoms with van der Waals surface area (Å²) in [5.74, 6) is 0.451. The van der Waals surface area contributed by atoms with E-state index in [4.69, 9.17) is 9.47 Å². The van der Waals surface area contributed by atoms with Crippen molar-refractivity contribution in [2.75, 3.05) is 14.2 Å². The van der Waals surface area contributed by atoms with Gasteiger partial charge in [0, 0.05) is 19.9 Å². The fourth-order valence-corrected chi connectivity index (χ4v) is 4.10. The molecule has 0 fully saturated rings. The van der Waals surface area contributed by atoms with Crippen molar-refractivity contribution in [2.45, 2.75) is 19.6 Å². The van der Waals surface area contributed by atoms with E-state index in [1.165, 1.54) is 12.1 Å². The lowest BCUT2D eigenvalue weighted by molar-refractivity contribution is 0.181. The third-order valence-electron chi connectivity index (χ3n) is 5.75. The summed E-state index contributed by atoms with van der Waals surface area (Å²) in [6.45, 7) is 0.692. The van der Waals surface area contributed by atoms with Crippen molar-refractivity contribution in [1.82, 2.24) is 24.4 Å². The van der Waals surface area contributed by atoms with Gasteiger partial charge in [-0.15, -0.1) is 10.2 Å². The van der Waals surface area contributed by atoms with Crippen LogP contribution in [0.25, 0.3) is 27.8 Å². The maximum atomic E-state index is 13.5. The number of para-hydroxylation sites is 1. The normalized spacial score (nSPS) is 11.4. The van der Waals surface area contributed by atoms with Crippen molar-refractivity contribution >= 4 is 16.7 Å². The maximum absolute atomic E-state index is 13.5. The molecule has 0 aliphatic carbocycles. The van der Waals surface area contributed by atoms with Crippen molar-refractivity contribution < 1.29 is 13.9 Å². The third-order valence-corrected chi connectivity index (χ3v) is 5.75. The number of fused-ring (bicyclic) bond motifs is 3. The summed E-state index contributed by atoms with van der Waals surface area (Å²) >= 11 is 0. The zero-order valence-corrected chi connectivity index (χ0v) is 18.7. The second kappa shape index (κ2) is 9.03. The van der Waals surface area contributed by atoms with Crippen LogP contribution in [-0.4, -0.2) is 38.6 Å². The zero-order valence-electron chi connectivity index (χ0n) is 18.7. The smallest absolute Gasteiger partial charge is 0.280 e. The molecule has 34 heavy (non-hydrogen) atoms. The molecule has 8 nitrogen and oxygen atoms in total. The van der Waals surface area contributed by atoms with Gasteiger partial charge < -0.3 is 14.0 Å². The SMILES string of the molecule is COCc1nn2c(nnc3c(=O)n(CCc4ccccc4OC)ccc32)c1-c1ccc(F)cc1. The standard InChI is InChI=1S/C25H22FN5O3/c1-33-15-19-22(17-7-9-18(26)10-8-17)24-28-27-23-20(31(24)29-19)12-14-30(25(23)32)13-11-16-5-3-4-6-21(16)34-2/h3-10,12,14H,11,13,15H2,1-2H3. The van der Waals surface area contributed by atoms with Crippen LogP contribution < -0.4 is 10.3 Å². The Balaban J connectivity index is 1.58. The number of pyridine rings is 1. The van der Waals surface area contributed by atoms with E-state index < -0.39 is 0 Å². The number of nitrogens with zero attached hydrogens (tertiary/aromatic N) is 5. The van der Waals surface area contributed by atoms with Crippen LogP contribution in [0.3, 0.4) is 0 Å². The van der Waals surface area contributed by atoms with Crippen LogP contribution in [0.1, 0.15) is 11.3 Å². The summed E-state index contributed by atoms with van der Waals surface area (Å²) in [6, 6.07) is 15.6. The number of benzene rings is 2.